The van der Waals surface area contributed by atoms with E-state index in [0.29, 0.717) is 17.9 Å². The second-order valence-corrected chi connectivity index (χ2v) is 7.65. The molecule has 2 heterocycles. The van der Waals surface area contributed by atoms with Gasteiger partial charge in [0.2, 0.25) is 5.88 Å². The number of amides is 1. The molecule has 1 atom stereocenters. The van der Waals surface area contributed by atoms with Crippen LogP contribution >= 0.6 is 0 Å². The van der Waals surface area contributed by atoms with Crippen LogP contribution in [0.3, 0.4) is 0 Å². The molecule has 0 fully saturated rings. The zero-order valence-corrected chi connectivity index (χ0v) is 18.0. The summed E-state index contributed by atoms with van der Waals surface area (Å²) in [6, 6.07) is 8.05. The van der Waals surface area contributed by atoms with Crippen molar-refractivity contribution in [2.75, 3.05) is 37.1 Å². The number of halogens is 2. The molecule has 32 heavy (non-hydrogen) atoms. The number of carbonyl (C=O) groups excluding carboxylic acids is 1. The highest BCUT2D eigenvalue weighted by Gasteiger charge is 2.15. The molecule has 3 N–H and O–H groups in total. The molecule has 0 aliphatic heterocycles. The van der Waals surface area contributed by atoms with Crippen molar-refractivity contribution in [2.45, 2.75) is 5.16 Å². The van der Waals surface area contributed by atoms with Gasteiger partial charge in [-0.05, 0) is 24.3 Å². The van der Waals surface area contributed by atoms with Gasteiger partial charge >= 0.3 is 5.16 Å². The first-order chi connectivity index (χ1) is 15.4. The molecule has 1 amide bonds. The number of nitrogens with one attached hydrogen (secondary N) is 3. The number of methoxy groups -OCH3 is 1. The fourth-order valence-corrected chi connectivity index (χ4v) is 3.07. The van der Waals surface area contributed by atoms with Crippen molar-refractivity contribution in [3.63, 3.8) is 0 Å². The van der Waals surface area contributed by atoms with Crippen LogP contribution in [0.4, 0.5) is 26.1 Å². The largest absolute Gasteiger partial charge is 0.609 e. The van der Waals surface area contributed by atoms with Crippen LogP contribution in [0, 0.1) is 11.6 Å². The van der Waals surface area contributed by atoms with E-state index in [2.05, 4.69) is 30.9 Å². The number of aromatic nitrogens is 3. The lowest BCUT2D eigenvalue weighted by atomic mass is 10.2. The van der Waals surface area contributed by atoms with Crippen LogP contribution in [-0.4, -0.2) is 51.9 Å². The number of pyridine rings is 1. The molecule has 0 spiro atoms. The predicted molar refractivity (Wildman–Crippen MR) is 116 cm³/mol. The maximum atomic E-state index is 13.5. The number of rotatable bonds is 9. The topological polar surface area (TPSA) is 124 Å². The summed E-state index contributed by atoms with van der Waals surface area (Å²) < 4.78 is 43.5. The Morgan fingerprint density at radius 3 is 2.62 bits per heavy atom. The second-order valence-electron chi connectivity index (χ2n) is 6.37. The SMILES string of the molecule is COc1ncccc1C(=O)NCCNc1cc(Nc2ccc(F)c(F)c2)nc([S+](C)[O-])n1. The molecule has 0 aliphatic carbocycles. The molecule has 0 bridgehead atoms. The highest BCUT2D eigenvalue weighted by atomic mass is 32.2. The normalized spacial score (nSPS) is 11.5. The molecule has 1 aromatic carbocycles. The van der Waals surface area contributed by atoms with Crippen molar-refractivity contribution in [3.8, 4) is 5.88 Å². The van der Waals surface area contributed by atoms with E-state index in [0.717, 1.165) is 12.1 Å². The third kappa shape index (κ3) is 6.02. The Balaban J connectivity index is 1.64. The highest BCUT2D eigenvalue weighted by Crippen LogP contribution is 2.21. The summed E-state index contributed by atoms with van der Waals surface area (Å²) in [6.45, 7) is 0.545. The molecule has 0 radical (unpaired) electrons. The van der Waals surface area contributed by atoms with Crippen molar-refractivity contribution < 1.29 is 22.9 Å². The molecule has 0 saturated heterocycles. The van der Waals surface area contributed by atoms with Crippen LogP contribution in [-0.2, 0) is 11.2 Å². The van der Waals surface area contributed by atoms with Crippen molar-refractivity contribution in [1.82, 2.24) is 20.3 Å². The van der Waals surface area contributed by atoms with Crippen LogP contribution < -0.4 is 20.7 Å². The summed E-state index contributed by atoms with van der Waals surface area (Å²) in [5, 5.41) is 8.60. The first-order valence-electron chi connectivity index (χ1n) is 9.33. The van der Waals surface area contributed by atoms with Gasteiger partial charge in [0.15, 0.2) is 11.6 Å². The summed E-state index contributed by atoms with van der Waals surface area (Å²) in [5.74, 6) is -1.54. The lowest BCUT2D eigenvalue weighted by Gasteiger charge is -2.12. The second kappa shape index (κ2) is 10.7. The van der Waals surface area contributed by atoms with Crippen molar-refractivity contribution in [3.05, 3.63) is 59.8 Å². The summed E-state index contributed by atoms with van der Waals surface area (Å²) >= 11 is -1.49. The van der Waals surface area contributed by atoms with Crippen LogP contribution in [0.2, 0.25) is 0 Å². The lowest BCUT2D eigenvalue weighted by molar-refractivity contribution is 0.0951. The van der Waals surface area contributed by atoms with E-state index in [1.807, 2.05) is 0 Å². The zero-order valence-electron chi connectivity index (χ0n) is 17.2. The van der Waals surface area contributed by atoms with Crippen LogP contribution in [0.25, 0.3) is 0 Å². The van der Waals surface area contributed by atoms with Gasteiger partial charge in [-0.2, -0.15) is 9.97 Å². The summed E-state index contributed by atoms with van der Waals surface area (Å²) in [4.78, 5) is 24.6. The van der Waals surface area contributed by atoms with Gasteiger partial charge in [-0.15, -0.1) is 0 Å². The Hall–Kier alpha value is -3.51. The van der Waals surface area contributed by atoms with Crippen LogP contribution in [0.1, 0.15) is 10.4 Å². The van der Waals surface area contributed by atoms with Crippen molar-refractivity contribution in [1.29, 1.82) is 0 Å². The number of hydrogen-bond acceptors (Lipinski definition) is 8. The van der Waals surface area contributed by atoms with Crippen LogP contribution in [0.5, 0.6) is 5.88 Å². The van der Waals surface area contributed by atoms with E-state index in [9.17, 15) is 18.1 Å². The smallest absolute Gasteiger partial charge is 0.346 e. The number of nitrogens with zero attached hydrogens (tertiary/aromatic N) is 3. The van der Waals surface area contributed by atoms with E-state index < -0.39 is 22.8 Å². The minimum atomic E-state index is -1.49. The number of benzene rings is 1. The Bertz CT molecular complexity index is 1100. The average molecular weight is 462 g/mol. The first-order valence-corrected chi connectivity index (χ1v) is 10.9. The Morgan fingerprint density at radius 1 is 1.12 bits per heavy atom. The van der Waals surface area contributed by atoms with Gasteiger partial charge in [-0.3, -0.25) is 4.79 Å². The lowest BCUT2D eigenvalue weighted by Crippen LogP contribution is -2.29. The molecule has 3 aromatic rings. The summed E-state index contributed by atoms with van der Waals surface area (Å²) in [5.41, 5.74) is 0.567. The Labute approximate surface area is 185 Å². The van der Waals surface area contributed by atoms with Crippen LogP contribution in [0.15, 0.2) is 47.8 Å². The molecule has 3 rings (SSSR count). The maximum Gasteiger partial charge on any atom is 0.346 e. The molecular formula is C20H20F2N6O3S. The van der Waals surface area contributed by atoms with Gasteiger partial charge < -0.3 is 25.2 Å². The van der Waals surface area contributed by atoms with Gasteiger partial charge in [0.05, 0.1) is 7.11 Å². The first kappa shape index (κ1) is 23.2. The van der Waals surface area contributed by atoms with Gasteiger partial charge in [-0.25, -0.2) is 13.8 Å². The minimum Gasteiger partial charge on any atom is -0.609 e. The summed E-state index contributed by atoms with van der Waals surface area (Å²) in [6.07, 6.45) is 2.94. The highest BCUT2D eigenvalue weighted by molar-refractivity contribution is 7.90. The van der Waals surface area contributed by atoms with E-state index in [4.69, 9.17) is 4.74 Å². The van der Waals surface area contributed by atoms with Gasteiger partial charge in [-0.1, -0.05) is 0 Å². The Morgan fingerprint density at radius 2 is 1.91 bits per heavy atom. The maximum absolute atomic E-state index is 13.5. The molecule has 1 unspecified atom stereocenters. The number of anilines is 3. The van der Waals surface area contributed by atoms with Gasteiger partial charge in [0, 0.05) is 48.3 Å². The van der Waals surface area contributed by atoms with E-state index in [1.165, 1.54) is 31.7 Å². The molecule has 0 saturated carbocycles. The predicted octanol–water partition coefficient (Wildman–Crippen LogP) is 2.48. The monoisotopic (exact) mass is 462 g/mol. The standard InChI is InChI=1S/C20H20F2N6O3S/c1-31-19-13(4-3-7-25-19)18(29)24-9-8-23-16-11-17(28-20(27-16)32(2)30)26-12-5-6-14(21)15(22)10-12/h3-7,10-11H,8-9H2,1-2H3,(H,24,29)(H2,23,26,27,28). The van der Waals surface area contributed by atoms with Gasteiger partial charge in [0.25, 0.3) is 5.91 Å². The third-order valence-electron chi connectivity index (χ3n) is 4.08. The fraction of sp³-hybridized carbons (Fsp3) is 0.200. The zero-order chi connectivity index (χ0) is 23.1. The molecule has 9 nitrogen and oxygen atoms in total. The molecule has 2 aromatic heterocycles. The quantitative estimate of drug-likeness (QED) is 0.252. The Kier molecular flexibility index (Phi) is 7.73. The molecule has 0 aliphatic rings. The van der Waals surface area contributed by atoms with E-state index >= 15 is 0 Å². The fourth-order valence-electron chi connectivity index (χ4n) is 2.62. The van der Waals surface area contributed by atoms with E-state index in [1.54, 1.807) is 12.1 Å². The molecular weight excluding hydrogens is 442 g/mol. The number of ether oxygens (including phenoxy) is 1. The van der Waals surface area contributed by atoms with E-state index in [-0.39, 0.29) is 35.0 Å². The summed E-state index contributed by atoms with van der Waals surface area (Å²) in [7, 11) is 1.43. The third-order valence-corrected chi connectivity index (χ3v) is 4.78. The molecule has 12 heteroatoms. The number of hydrogen-bond donors (Lipinski definition) is 3. The van der Waals surface area contributed by atoms with Gasteiger partial charge in [0.1, 0.15) is 23.5 Å². The number of carbonyl (C=O) groups is 1. The average Bonchev–Trinajstić information content (AvgIpc) is 2.78. The molecule has 168 valence electrons. The minimum absolute atomic E-state index is 0.0456. The van der Waals surface area contributed by atoms with Crippen molar-refractivity contribution in [2.24, 2.45) is 0 Å². The van der Waals surface area contributed by atoms with Crippen molar-refractivity contribution >= 4 is 34.4 Å².